The summed E-state index contributed by atoms with van der Waals surface area (Å²) in [5.41, 5.74) is 0. The molecule has 0 saturated carbocycles. The van der Waals surface area contributed by atoms with Crippen LogP contribution in [0.1, 0.15) is 26.7 Å². The molecule has 0 aliphatic rings. The van der Waals surface area contributed by atoms with E-state index in [4.69, 9.17) is 5.26 Å². The normalized spacial score (nSPS) is 15.3. The second-order valence-electron chi connectivity index (χ2n) is 2.31. The van der Waals surface area contributed by atoms with Crippen molar-refractivity contribution in [3.8, 4) is 6.07 Å². The van der Waals surface area contributed by atoms with Gasteiger partial charge in [-0.2, -0.15) is 5.26 Å². The number of thiocarbonyl (C=S) groups is 1. The average molecular weight is 173 g/mol. The molecule has 0 aromatic rings. The molecular weight excluding hydrogens is 162 g/mol. The lowest BCUT2D eigenvalue weighted by Crippen LogP contribution is -2.16. The van der Waals surface area contributed by atoms with Crippen LogP contribution in [-0.2, 0) is 0 Å². The molecule has 0 spiro atoms. The van der Waals surface area contributed by atoms with Gasteiger partial charge >= 0.3 is 0 Å². The second-order valence-corrected chi connectivity index (χ2v) is 4.21. The van der Waals surface area contributed by atoms with Crippen LogP contribution in [0, 0.1) is 11.3 Å². The first-order valence-electron chi connectivity index (χ1n) is 3.21. The quantitative estimate of drug-likeness (QED) is 0.611. The summed E-state index contributed by atoms with van der Waals surface area (Å²) in [4.78, 5) is 0. The number of nitrogens with zero attached hydrogens (tertiary/aromatic N) is 1. The summed E-state index contributed by atoms with van der Waals surface area (Å²) in [6, 6.07) is 2.25. The van der Waals surface area contributed by atoms with Gasteiger partial charge in [-0.25, -0.2) is 0 Å². The maximum atomic E-state index is 8.71. The third-order valence-corrected chi connectivity index (χ3v) is 2.47. The molecule has 1 nitrogen and oxygen atoms in total. The van der Waals surface area contributed by atoms with Crippen LogP contribution in [0.4, 0.5) is 0 Å². The molecular formula is C7H11NS2. The summed E-state index contributed by atoms with van der Waals surface area (Å²) in [7, 11) is 0. The van der Waals surface area contributed by atoms with Gasteiger partial charge in [-0.15, -0.1) is 11.8 Å². The molecule has 56 valence electrons. The summed E-state index contributed by atoms with van der Waals surface area (Å²) in [6.07, 6.45) is 1.93. The highest BCUT2D eigenvalue weighted by molar-refractivity contribution is 8.21. The van der Waals surface area contributed by atoms with E-state index in [0.29, 0.717) is 0 Å². The predicted octanol–water partition coefficient (Wildman–Crippen LogP) is 2.76. The Kier molecular flexibility index (Phi) is 4.67. The predicted molar refractivity (Wildman–Crippen MR) is 50.2 cm³/mol. The van der Waals surface area contributed by atoms with E-state index in [-0.39, 0.29) is 4.75 Å². The second kappa shape index (κ2) is 4.70. The molecule has 0 saturated heterocycles. The largest absolute Gasteiger partial charge is 0.197 e. The van der Waals surface area contributed by atoms with E-state index in [1.54, 1.807) is 4.70 Å². The topological polar surface area (TPSA) is 23.8 Å². The monoisotopic (exact) mass is 173 g/mol. The Balaban J connectivity index is 3.97. The number of hydrogen-bond acceptors (Lipinski definition) is 3. The van der Waals surface area contributed by atoms with Gasteiger partial charge in [-0.05, 0) is 13.3 Å². The van der Waals surface area contributed by atoms with Crippen LogP contribution < -0.4 is 0 Å². The van der Waals surface area contributed by atoms with Gasteiger partial charge in [-0.3, -0.25) is 0 Å². The summed E-state index contributed by atoms with van der Waals surface area (Å²) < 4.78 is 1.27. The van der Waals surface area contributed by atoms with Crippen molar-refractivity contribution in [2.75, 3.05) is 0 Å². The lowest BCUT2D eigenvalue weighted by molar-refractivity contribution is 0.695. The van der Waals surface area contributed by atoms with Crippen LogP contribution >= 0.6 is 24.0 Å². The number of rotatable bonds is 4. The van der Waals surface area contributed by atoms with Crippen LogP contribution in [0.15, 0.2) is 0 Å². The zero-order valence-electron chi connectivity index (χ0n) is 6.26. The van der Waals surface area contributed by atoms with Gasteiger partial charge in [0.2, 0.25) is 0 Å². The zero-order chi connectivity index (χ0) is 8.04. The van der Waals surface area contributed by atoms with E-state index in [0.717, 1.165) is 12.8 Å². The highest BCUT2D eigenvalue weighted by atomic mass is 32.2. The summed E-state index contributed by atoms with van der Waals surface area (Å²) >= 11 is 6.10. The van der Waals surface area contributed by atoms with Crippen molar-refractivity contribution < 1.29 is 0 Å². The molecule has 0 fully saturated rings. The van der Waals surface area contributed by atoms with Gasteiger partial charge in [-0.1, -0.05) is 25.6 Å². The molecule has 0 N–H and O–H groups in total. The highest BCUT2D eigenvalue weighted by Gasteiger charge is 2.21. The fourth-order valence-corrected chi connectivity index (χ4v) is 1.95. The van der Waals surface area contributed by atoms with E-state index in [1.807, 2.05) is 6.92 Å². The minimum absolute atomic E-state index is 0.295. The van der Waals surface area contributed by atoms with E-state index in [2.05, 4.69) is 25.2 Å². The minimum atomic E-state index is -0.295. The van der Waals surface area contributed by atoms with Crippen molar-refractivity contribution >= 4 is 28.7 Å². The maximum Gasteiger partial charge on any atom is 0.104 e. The van der Waals surface area contributed by atoms with E-state index < -0.39 is 0 Å². The molecule has 0 amide bonds. The molecule has 0 aromatic carbocycles. The van der Waals surface area contributed by atoms with Crippen LogP contribution in [-0.4, -0.2) is 9.45 Å². The Hall–Kier alpha value is -0.0700. The van der Waals surface area contributed by atoms with Gasteiger partial charge in [0.25, 0.3) is 0 Å². The molecule has 1 atom stereocenters. The molecule has 10 heavy (non-hydrogen) atoms. The first kappa shape index (κ1) is 9.93. The highest BCUT2D eigenvalue weighted by Crippen LogP contribution is 2.27. The van der Waals surface area contributed by atoms with Crippen molar-refractivity contribution in [3.05, 3.63) is 0 Å². The standard InChI is InChI=1S/C7H11NS2/c1-3-4-7(2,5-8)10-6-9/h6H,3-4H2,1-2H3. The Labute approximate surface area is 71.8 Å². The third-order valence-electron chi connectivity index (χ3n) is 1.27. The number of hydrogen-bond donors (Lipinski definition) is 0. The van der Waals surface area contributed by atoms with Gasteiger partial charge in [0.1, 0.15) is 4.75 Å². The Bertz CT molecular complexity index is 150. The lowest BCUT2D eigenvalue weighted by Gasteiger charge is -2.16. The van der Waals surface area contributed by atoms with Crippen molar-refractivity contribution in [1.82, 2.24) is 0 Å². The van der Waals surface area contributed by atoms with Gasteiger partial charge in [0, 0.05) is 4.70 Å². The van der Waals surface area contributed by atoms with Crippen molar-refractivity contribution in [1.29, 1.82) is 5.26 Å². The van der Waals surface area contributed by atoms with Crippen LogP contribution in [0.2, 0.25) is 0 Å². The third kappa shape index (κ3) is 3.19. The molecule has 3 heteroatoms. The Morgan fingerprint density at radius 3 is 2.70 bits per heavy atom. The number of nitriles is 1. The molecule has 0 bridgehead atoms. The fraction of sp³-hybridized carbons (Fsp3) is 0.714. The fourth-order valence-electron chi connectivity index (χ4n) is 0.724. The summed E-state index contributed by atoms with van der Waals surface area (Å²) in [5, 5.41) is 8.71. The van der Waals surface area contributed by atoms with Crippen molar-refractivity contribution in [2.24, 2.45) is 0 Å². The van der Waals surface area contributed by atoms with Gasteiger partial charge in [0.05, 0.1) is 6.07 Å². The Morgan fingerprint density at radius 2 is 2.40 bits per heavy atom. The van der Waals surface area contributed by atoms with Crippen molar-refractivity contribution in [2.45, 2.75) is 31.4 Å². The van der Waals surface area contributed by atoms with Crippen LogP contribution in [0.5, 0.6) is 0 Å². The molecule has 0 aliphatic heterocycles. The molecule has 0 heterocycles. The first-order valence-corrected chi connectivity index (χ1v) is 4.56. The molecule has 0 radical (unpaired) electrons. The SMILES string of the molecule is CCCC(C)(C#N)SC=S. The van der Waals surface area contributed by atoms with Gasteiger partial charge < -0.3 is 0 Å². The summed E-state index contributed by atoms with van der Waals surface area (Å²) in [6.45, 7) is 3.99. The molecule has 0 aliphatic carbocycles. The molecule has 1 unspecified atom stereocenters. The number of thioether (sulfide) groups is 1. The van der Waals surface area contributed by atoms with E-state index >= 15 is 0 Å². The minimum Gasteiger partial charge on any atom is -0.197 e. The van der Waals surface area contributed by atoms with Crippen LogP contribution in [0.25, 0.3) is 0 Å². The lowest BCUT2D eigenvalue weighted by atomic mass is 10.1. The van der Waals surface area contributed by atoms with Crippen LogP contribution in [0.3, 0.4) is 0 Å². The smallest absolute Gasteiger partial charge is 0.104 e. The zero-order valence-corrected chi connectivity index (χ0v) is 7.89. The van der Waals surface area contributed by atoms with E-state index in [1.165, 1.54) is 11.8 Å². The Morgan fingerprint density at radius 1 is 1.80 bits per heavy atom. The van der Waals surface area contributed by atoms with Gasteiger partial charge in [0.15, 0.2) is 0 Å². The maximum absolute atomic E-state index is 8.71. The van der Waals surface area contributed by atoms with E-state index in [9.17, 15) is 0 Å². The summed E-state index contributed by atoms with van der Waals surface area (Å²) in [5.74, 6) is 0. The van der Waals surface area contributed by atoms with Crippen molar-refractivity contribution in [3.63, 3.8) is 0 Å². The molecule has 0 rings (SSSR count). The first-order chi connectivity index (χ1) is 4.68. The molecule has 0 aromatic heterocycles. The average Bonchev–Trinajstić information content (AvgIpc) is 1.89.